The monoisotopic (exact) mass is 221 g/mol. The van der Waals surface area contributed by atoms with Crippen LogP contribution in [0.3, 0.4) is 0 Å². The van der Waals surface area contributed by atoms with Gasteiger partial charge in [0.25, 0.3) is 0 Å². The minimum Gasteiger partial charge on any atom is -0.355 e. The van der Waals surface area contributed by atoms with Crippen LogP contribution in [0.4, 0.5) is 0 Å². The summed E-state index contributed by atoms with van der Waals surface area (Å²) in [4.78, 5) is 11.4. The van der Waals surface area contributed by atoms with Crippen LogP contribution >= 0.6 is 0 Å². The molecule has 16 heavy (non-hydrogen) atoms. The Balaban J connectivity index is 2.09. The first-order valence-electron chi connectivity index (χ1n) is 5.91. The van der Waals surface area contributed by atoms with Gasteiger partial charge in [0.05, 0.1) is 0 Å². The molecule has 1 aliphatic rings. The Labute approximate surface area is 95.8 Å². The molecule has 0 spiro atoms. The van der Waals surface area contributed by atoms with Crippen LogP contribution in [0.15, 0.2) is 12.4 Å². The Hall–Kier alpha value is -1.29. The number of nitrogens with one attached hydrogen (secondary N) is 1. The molecule has 1 unspecified atom stereocenters. The van der Waals surface area contributed by atoms with Crippen molar-refractivity contribution in [2.45, 2.75) is 38.8 Å². The number of hydrogen-bond donors (Lipinski definition) is 2. The average Bonchev–Trinajstić information content (AvgIpc) is 2.62. The van der Waals surface area contributed by atoms with Gasteiger partial charge in [0.1, 0.15) is 6.54 Å². The van der Waals surface area contributed by atoms with E-state index in [4.69, 9.17) is 5.73 Å². The third kappa shape index (κ3) is 2.27. The van der Waals surface area contributed by atoms with Gasteiger partial charge < -0.3 is 15.6 Å². The second-order valence-corrected chi connectivity index (χ2v) is 4.36. The van der Waals surface area contributed by atoms with Gasteiger partial charge in [-0.05, 0) is 37.3 Å². The first-order valence-corrected chi connectivity index (χ1v) is 5.91. The fourth-order valence-electron chi connectivity index (χ4n) is 2.29. The molecule has 0 radical (unpaired) electrons. The zero-order chi connectivity index (χ0) is 11.5. The number of likely N-dealkylation sites (N-methyl/N-ethyl adjacent to an activating group) is 1. The maximum Gasteiger partial charge on any atom is 0.239 e. The van der Waals surface area contributed by atoms with Crippen LogP contribution < -0.4 is 11.1 Å². The van der Waals surface area contributed by atoms with Crippen LogP contribution in [-0.4, -0.2) is 17.0 Å². The lowest BCUT2D eigenvalue weighted by atomic mass is 9.92. The lowest BCUT2D eigenvalue weighted by molar-refractivity contribution is -0.121. The molecular weight excluding hydrogens is 202 g/mol. The first kappa shape index (κ1) is 11.2. The van der Waals surface area contributed by atoms with E-state index < -0.39 is 0 Å². The van der Waals surface area contributed by atoms with Crippen molar-refractivity contribution in [2.24, 2.45) is 5.73 Å². The largest absolute Gasteiger partial charge is 0.355 e. The van der Waals surface area contributed by atoms with Gasteiger partial charge in [-0.1, -0.05) is 0 Å². The van der Waals surface area contributed by atoms with Gasteiger partial charge >= 0.3 is 0 Å². The van der Waals surface area contributed by atoms with Gasteiger partial charge in [0, 0.05) is 25.0 Å². The quantitative estimate of drug-likeness (QED) is 0.798. The van der Waals surface area contributed by atoms with Gasteiger partial charge in [-0.15, -0.1) is 0 Å². The normalized spacial score (nSPS) is 19.2. The molecule has 1 aromatic rings. The van der Waals surface area contributed by atoms with Gasteiger partial charge in [-0.25, -0.2) is 0 Å². The summed E-state index contributed by atoms with van der Waals surface area (Å²) in [7, 11) is 0. The standard InChI is InChI=1S/C12H19N3O/c1-2-14-12(16)8-15-6-9-4-3-5-11(13)10(9)7-15/h6-7,11H,2-5,8,13H2,1H3,(H,14,16). The summed E-state index contributed by atoms with van der Waals surface area (Å²) in [5.41, 5.74) is 8.56. The van der Waals surface area contributed by atoms with Crippen LogP contribution in [0.2, 0.25) is 0 Å². The van der Waals surface area contributed by atoms with Crippen LogP contribution in [0.25, 0.3) is 0 Å². The molecule has 1 atom stereocenters. The highest BCUT2D eigenvalue weighted by molar-refractivity contribution is 5.75. The van der Waals surface area contributed by atoms with E-state index in [1.807, 2.05) is 17.7 Å². The fourth-order valence-corrected chi connectivity index (χ4v) is 2.29. The molecule has 1 amide bonds. The average molecular weight is 221 g/mol. The van der Waals surface area contributed by atoms with Crippen molar-refractivity contribution in [1.82, 2.24) is 9.88 Å². The maximum atomic E-state index is 11.4. The van der Waals surface area contributed by atoms with E-state index in [9.17, 15) is 4.79 Å². The van der Waals surface area contributed by atoms with Crippen LogP contribution in [0.1, 0.15) is 36.9 Å². The predicted molar refractivity (Wildman–Crippen MR) is 63.0 cm³/mol. The molecule has 0 saturated carbocycles. The van der Waals surface area contributed by atoms with Crippen LogP contribution in [0.5, 0.6) is 0 Å². The van der Waals surface area contributed by atoms with Crippen molar-refractivity contribution in [2.75, 3.05) is 6.54 Å². The van der Waals surface area contributed by atoms with Crippen molar-refractivity contribution in [3.63, 3.8) is 0 Å². The highest BCUT2D eigenvalue weighted by Gasteiger charge is 2.19. The fraction of sp³-hybridized carbons (Fsp3) is 0.583. The Morgan fingerprint density at radius 2 is 2.44 bits per heavy atom. The maximum absolute atomic E-state index is 11.4. The van der Waals surface area contributed by atoms with Gasteiger partial charge in [-0.2, -0.15) is 0 Å². The van der Waals surface area contributed by atoms with Gasteiger partial charge in [-0.3, -0.25) is 4.79 Å². The van der Waals surface area contributed by atoms with Crippen molar-refractivity contribution in [1.29, 1.82) is 0 Å². The number of fused-ring (bicyclic) bond motifs is 1. The zero-order valence-electron chi connectivity index (χ0n) is 9.70. The summed E-state index contributed by atoms with van der Waals surface area (Å²) in [5.74, 6) is 0.0587. The molecule has 0 saturated heterocycles. The Morgan fingerprint density at radius 3 is 3.12 bits per heavy atom. The van der Waals surface area contributed by atoms with Gasteiger partial charge in [0.15, 0.2) is 0 Å². The number of nitrogens with two attached hydrogens (primary N) is 1. The van der Waals surface area contributed by atoms with Crippen molar-refractivity contribution in [3.05, 3.63) is 23.5 Å². The molecule has 2 rings (SSSR count). The molecule has 1 aromatic heterocycles. The third-order valence-electron chi connectivity index (χ3n) is 3.06. The molecule has 1 aliphatic carbocycles. The summed E-state index contributed by atoms with van der Waals surface area (Å²) < 4.78 is 1.95. The van der Waals surface area contributed by atoms with E-state index in [-0.39, 0.29) is 11.9 Å². The molecule has 0 aliphatic heterocycles. The number of aromatic nitrogens is 1. The zero-order valence-corrected chi connectivity index (χ0v) is 9.70. The molecule has 4 heteroatoms. The van der Waals surface area contributed by atoms with E-state index in [0.717, 1.165) is 19.3 Å². The Bertz CT molecular complexity index is 384. The smallest absolute Gasteiger partial charge is 0.239 e. The highest BCUT2D eigenvalue weighted by Crippen LogP contribution is 2.28. The van der Waals surface area contributed by atoms with E-state index in [1.165, 1.54) is 11.1 Å². The van der Waals surface area contributed by atoms with E-state index in [1.54, 1.807) is 0 Å². The molecule has 3 N–H and O–H groups in total. The summed E-state index contributed by atoms with van der Waals surface area (Å²) in [6.07, 6.45) is 7.38. The van der Waals surface area contributed by atoms with Crippen molar-refractivity contribution in [3.8, 4) is 0 Å². The number of amides is 1. The van der Waals surface area contributed by atoms with Crippen molar-refractivity contribution >= 4 is 5.91 Å². The molecule has 1 heterocycles. The summed E-state index contributed by atoms with van der Waals surface area (Å²) in [6.45, 7) is 3.00. The summed E-state index contributed by atoms with van der Waals surface area (Å²) in [6, 6.07) is 0.152. The van der Waals surface area contributed by atoms with Crippen LogP contribution in [-0.2, 0) is 17.8 Å². The lowest BCUT2D eigenvalue weighted by Gasteiger charge is -2.17. The number of nitrogens with zero attached hydrogens (tertiary/aromatic N) is 1. The second-order valence-electron chi connectivity index (χ2n) is 4.36. The predicted octanol–water partition coefficient (Wildman–Crippen LogP) is 0.960. The topological polar surface area (TPSA) is 60.0 Å². The lowest BCUT2D eigenvalue weighted by Crippen LogP contribution is -2.26. The second kappa shape index (κ2) is 4.70. The molecule has 0 fully saturated rings. The SMILES string of the molecule is CCNC(=O)Cn1cc2c(c1)C(N)CCC2. The number of carbonyl (C=O) groups is 1. The molecule has 4 nitrogen and oxygen atoms in total. The molecule has 0 aromatic carbocycles. The summed E-state index contributed by atoms with van der Waals surface area (Å²) in [5, 5.41) is 2.79. The number of aryl methyl sites for hydroxylation is 1. The molecular formula is C12H19N3O. The summed E-state index contributed by atoms with van der Waals surface area (Å²) >= 11 is 0. The minimum atomic E-state index is 0.0587. The number of rotatable bonds is 3. The van der Waals surface area contributed by atoms with Crippen LogP contribution in [0, 0.1) is 0 Å². The number of hydrogen-bond acceptors (Lipinski definition) is 2. The highest BCUT2D eigenvalue weighted by atomic mass is 16.1. The van der Waals surface area contributed by atoms with E-state index >= 15 is 0 Å². The minimum absolute atomic E-state index is 0.0587. The Morgan fingerprint density at radius 1 is 1.62 bits per heavy atom. The molecule has 0 bridgehead atoms. The number of carbonyl (C=O) groups excluding carboxylic acids is 1. The van der Waals surface area contributed by atoms with Gasteiger partial charge in [0.2, 0.25) is 5.91 Å². The Kier molecular flexibility index (Phi) is 3.29. The van der Waals surface area contributed by atoms with E-state index in [2.05, 4.69) is 11.5 Å². The van der Waals surface area contributed by atoms with E-state index in [0.29, 0.717) is 13.1 Å². The third-order valence-corrected chi connectivity index (χ3v) is 3.06. The molecule has 88 valence electrons. The van der Waals surface area contributed by atoms with Crippen molar-refractivity contribution < 1.29 is 4.79 Å². The first-order chi connectivity index (χ1) is 7.70.